The van der Waals surface area contributed by atoms with Crippen LogP contribution in [0.3, 0.4) is 0 Å². The van der Waals surface area contributed by atoms with Gasteiger partial charge >= 0.3 is 0 Å². The Morgan fingerprint density at radius 1 is 0.947 bits per heavy atom. The first kappa shape index (κ1) is 12.4. The molecule has 1 aliphatic carbocycles. The van der Waals surface area contributed by atoms with E-state index in [4.69, 9.17) is 4.74 Å². The van der Waals surface area contributed by atoms with Crippen LogP contribution in [0, 0.1) is 0 Å². The van der Waals surface area contributed by atoms with Crippen LogP contribution >= 0.6 is 0 Å². The van der Waals surface area contributed by atoms with E-state index in [1.165, 1.54) is 21.9 Å². The number of morpholine rings is 1. The van der Waals surface area contributed by atoms with Crippen LogP contribution in [0.5, 0.6) is 0 Å². The maximum Gasteiger partial charge on any atom is 0.0591 e. The van der Waals surface area contributed by atoms with E-state index in [0.717, 1.165) is 32.7 Å². The first-order valence-electron chi connectivity index (χ1n) is 6.91. The molecule has 98 valence electrons. The zero-order chi connectivity index (χ0) is 12.9. The fourth-order valence-electron chi connectivity index (χ4n) is 2.59. The van der Waals surface area contributed by atoms with Crippen molar-refractivity contribution in [3.63, 3.8) is 0 Å². The van der Waals surface area contributed by atoms with Crippen LogP contribution in [-0.4, -0.2) is 26.3 Å². The number of ether oxygens (including phenoxy) is 1. The van der Waals surface area contributed by atoms with Crippen molar-refractivity contribution in [3.05, 3.63) is 53.6 Å². The Hall–Kier alpha value is -1.64. The van der Waals surface area contributed by atoms with Crippen LogP contribution in [0.15, 0.2) is 42.5 Å². The third kappa shape index (κ3) is 2.86. The van der Waals surface area contributed by atoms with Crippen molar-refractivity contribution in [2.75, 3.05) is 26.3 Å². The molecule has 2 aromatic rings. The lowest BCUT2D eigenvalue weighted by Crippen LogP contribution is -2.30. The molecule has 0 aromatic heterocycles. The third-order valence-electron chi connectivity index (χ3n) is 3.50. The molecule has 1 saturated heterocycles. The summed E-state index contributed by atoms with van der Waals surface area (Å²) in [5, 5.41) is 5.96. The van der Waals surface area contributed by atoms with E-state index in [2.05, 4.69) is 53.9 Å². The zero-order valence-corrected chi connectivity index (χ0v) is 11.1. The Balaban J connectivity index is 0.000000155. The lowest BCUT2D eigenvalue weighted by Gasteiger charge is -2.11. The lowest BCUT2D eigenvalue weighted by molar-refractivity contribution is 0.109. The second-order valence-corrected chi connectivity index (χ2v) is 4.83. The van der Waals surface area contributed by atoms with Gasteiger partial charge < -0.3 is 10.1 Å². The topological polar surface area (TPSA) is 21.3 Å². The highest BCUT2D eigenvalue weighted by molar-refractivity contribution is 5.94. The summed E-state index contributed by atoms with van der Waals surface area (Å²) < 4.78 is 5.01. The molecule has 0 atom stereocenters. The fourth-order valence-corrected chi connectivity index (χ4v) is 2.59. The number of hydrogen-bond acceptors (Lipinski definition) is 2. The first-order valence-corrected chi connectivity index (χ1v) is 6.91. The predicted molar refractivity (Wildman–Crippen MR) is 80.4 cm³/mol. The van der Waals surface area contributed by atoms with Gasteiger partial charge in [0.1, 0.15) is 0 Å². The zero-order valence-electron chi connectivity index (χ0n) is 11.1. The molecule has 1 heterocycles. The van der Waals surface area contributed by atoms with Gasteiger partial charge in [-0.1, -0.05) is 48.6 Å². The first-order chi connectivity index (χ1) is 9.45. The van der Waals surface area contributed by atoms with Gasteiger partial charge in [-0.2, -0.15) is 0 Å². The molecule has 19 heavy (non-hydrogen) atoms. The molecule has 2 aromatic carbocycles. The van der Waals surface area contributed by atoms with E-state index in [9.17, 15) is 0 Å². The van der Waals surface area contributed by atoms with Gasteiger partial charge in [0.05, 0.1) is 13.2 Å². The number of benzene rings is 2. The molecule has 0 amide bonds. The van der Waals surface area contributed by atoms with E-state index in [-0.39, 0.29) is 0 Å². The molecule has 1 aliphatic heterocycles. The van der Waals surface area contributed by atoms with Crippen molar-refractivity contribution in [2.45, 2.75) is 6.42 Å². The van der Waals surface area contributed by atoms with E-state index in [0.29, 0.717) is 0 Å². The molecule has 0 radical (unpaired) electrons. The minimum atomic E-state index is 0.889. The van der Waals surface area contributed by atoms with E-state index < -0.39 is 0 Å². The quantitative estimate of drug-likeness (QED) is 0.779. The molecule has 0 bridgehead atoms. The van der Waals surface area contributed by atoms with Crippen LogP contribution in [-0.2, 0) is 11.2 Å². The van der Waals surface area contributed by atoms with Crippen LogP contribution in [0.4, 0.5) is 0 Å². The van der Waals surface area contributed by atoms with Gasteiger partial charge in [0.2, 0.25) is 0 Å². The molecule has 2 nitrogen and oxygen atoms in total. The van der Waals surface area contributed by atoms with Crippen LogP contribution in [0.1, 0.15) is 11.1 Å². The highest BCUT2D eigenvalue weighted by atomic mass is 16.5. The standard InChI is InChI=1S/C13H10.C4H9NO/c1-4-10-6-2-8-12-9-3-7-11(5-1)13(10)12;1-3-6-4-2-5-1/h1-8H,9H2;5H,1-4H2. The van der Waals surface area contributed by atoms with Crippen molar-refractivity contribution >= 4 is 16.8 Å². The van der Waals surface area contributed by atoms with Crippen molar-refractivity contribution in [1.29, 1.82) is 0 Å². The lowest BCUT2D eigenvalue weighted by atomic mass is 9.93. The Morgan fingerprint density at radius 3 is 2.42 bits per heavy atom. The second-order valence-electron chi connectivity index (χ2n) is 4.83. The summed E-state index contributed by atoms with van der Waals surface area (Å²) in [5.74, 6) is 0. The summed E-state index contributed by atoms with van der Waals surface area (Å²) in [6, 6.07) is 13.0. The largest absolute Gasteiger partial charge is 0.379 e. The molecule has 1 fully saturated rings. The number of rotatable bonds is 0. The molecule has 4 rings (SSSR count). The van der Waals surface area contributed by atoms with Crippen molar-refractivity contribution in [3.8, 4) is 0 Å². The van der Waals surface area contributed by atoms with Crippen LogP contribution < -0.4 is 5.32 Å². The van der Waals surface area contributed by atoms with Gasteiger partial charge in [0.25, 0.3) is 0 Å². The van der Waals surface area contributed by atoms with Crippen molar-refractivity contribution in [1.82, 2.24) is 5.32 Å². The molecule has 2 heteroatoms. The summed E-state index contributed by atoms with van der Waals surface area (Å²) >= 11 is 0. The number of allylic oxidation sites excluding steroid dienone is 1. The van der Waals surface area contributed by atoms with Gasteiger partial charge in [0.15, 0.2) is 0 Å². The number of nitrogens with one attached hydrogen (secondary N) is 1. The van der Waals surface area contributed by atoms with Crippen molar-refractivity contribution < 1.29 is 4.74 Å². The Labute approximate surface area is 114 Å². The van der Waals surface area contributed by atoms with Gasteiger partial charge in [0, 0.05) is 13.1 Å². The van der Waals surface area contributed by atoms with E-state index in [1.54, 1.807) is 0 Å². The van der Waals surface area contributed by atoms with Crippen LogP contribution in [0.25, 0.3) is 16.8 Å². The summed E-state index contributed by atoms with van der Waals surface area (Å²) in [7, 11) is 0. The highest BCUT2D eigenvalue weighted by Crippen LogP contribution is 2.27. The summed E-state index contributed by atoms with van der Waals surface area (Å²) in [6.07, 6.45) is 5.53. The maximum absolute atomic E-state index is 5.01. The minimum absolute atomic E-state index is 0.889. The average molecular weight is 253 g/mol. The van der Waals surface area contributed by atoms with Gasteiger partial charge in [-0.05, 0) is 28.3 Å². The van der Waals surface area contributed by atoms with E-state index in [1.807, 2.05) is 0 Å². The van der Waals surface area contributed by atoms with E-state index >= 15 is 0 Å². The smallest absolute Gasteiger partial charge is 0.0591 e. The van der Waals surface area contributed by atoms with Gasteiger partial charge in [-0.25, -0.2) is 0 Å². The van der Waals surface area contributed by atoms with Crippen molar-refractivity contribution in [2.24, 2.45) is 0 Å². The summed E-state index contributed by atoms with van der Waals surface area (Å²) in [5.41, 5.74) is 2.81. The molecule has 0 saturated carbocycles. The SMILES string of the molecule is C1=Cc2cccc3cccc(c23)C1.C1COCCN1. The third-order valence-corrected chi connectivity index (χ3v) is 3.50. The molecular weight excluding hydrogens is 234 g/mol. The monoisotopic (exact) mass is 253 g/mol. The number of hydrogen-bond donors (Lipinski definition) is 1. The Morgan fingerprint density at radius 2 is 1.74 bits per heavy atom. The van der Waals surface area contributed by atoms with Crippen LogP contribution in [0.2, 0.25) is 0 Å². The maximum atomic E-state index is 5.01. The minimum Gasteiger partial charge on any atom is -0.379 e. The molecule has 2 aliphatic rings. The molecular formula is C17H19NO. The normalized spacial score (nSPS) is 16.8. The Kier molecular flexibility index (Phi) is 3.92. The average Bonchev–Trinajstić information content (AvgIpc) is 2.51. The summed E-state index contributed by atoms with van der Waals surface area (Å²) in [6.45, 7) is 3.83. The fraction of sp³-hybridized carbons (Fsp3) is 0.294. The summed E-state index contributed by atoms with van der Waals surface area (Å²) in [4.78, 5) is 0. The molecule has 1 N–H and O–H groups in total. The second kappa shape index (κ2) is 6.00. The Bertz CT molecular complexity index is 568. The van der Waals surface area contributed by atoms with Gasteiger partial charge in [-0.3, -0.25) is 0 Å². The molecule has 0 unspecified atom stereocenters. The highest BCUT2D eigenvalue weighted by Gasteiger charge is 2.06. The van der Waals surface area contributed by atoms with Gasteiger partial charge in [-0.15, -0.1) is 0 Å². The predicted octanol–water partition coefficient (Wildman–Crippen LogP) is 3.02. The molecule has 0 spiro atoms.